The highest BCUT2D eigenvalue weighted by molar-refractivity contribution is 9.09. The van der Waals surface area contributed by atoms with E-state index >= 15 is 0 Å². The summed E-state index contributed by atoms with van der Waals surface area (Å²) in [7, 11) is 0. The van der Waals surface area contributed by atoms with Crippen molar-refractivity contribution in [3.05, 3.63) is 30.3 Å². The molecule has 0 aromatic heterocycles. The molecule has 0 saturated heterocycles. The van der Waals surface area contributed by atoms with Gasteiger partial charge in [-0.25, -0.2) is 4.79 Å². The number of carbonyl (C=O) groups excluding carboxylic acids is 1. The molecule has 0 bridgehead atoms. The standard InChI is InChI=1S/C9H11BrN2O/c10-6-7-11-9(13)12-8-4-2-1-3-5-8/h1-5H,6-7H2,(H2,11,12,13). The fourth-order valence-electron chi connectivity index (χ4n) is 0.858. The van der Waals surface area contributed by atoms with Crippen LogP contribution in [0.2, 0.25) is 0 Å². The van der Waals surface area contributed by atoms with Crippen LogP contribution in [0.5, 0.6) is 0 Å². The van der Waals surface area contributed by atoms with Crippen LogP contribution in [0.4, 0.5) is 10.5 Å². The molecule has 13 heavy (non-hydrogen) atoms. The third-order valence-corrected chi connectivity index (χ3v) is 1.81. The minimum Gasteiger partial charge on any atom is -0.337 e. The number of amides is 2. The lowest BCUT2D eigenvalue weighted by atomic mass is 10.3. The highest BCUT2D eigenvalue weighted by Gasteiger charge is 1.97. The number of rotatable bonds is 3. The van der Waals surface area contributed by atoms with Crippen LogP contribution in [0.3, 0.4) is 0 Å². The molecule has 1 rings (SSSR count). The van der Waals surface area contributed by atoms with Gasteiger partial charge >= 0.3 is 6.03 Å². The molecule has 0 unspecified atom stereocenters. The van der Waals surface area contributed by atoms with Crippen LogP contribution in [0.25, 0.3) is 0 Å². The van der Waals surface area contributed by atoms with Gasteiger partial charge in [0.15, 0.2) is 0 Å². The second-order valence-electron chi connectivity index (χ2n) is 2.44. The van der Waals surface area contributed by atoms with Crippen LogP contribution in [0, 0.1) is 0 Å². The first-order valence-corrected chi connectivity index (χ1v) is 5.11. The van der Waals surface area contributed by atoms with Gasteiger partial charge in [-0.15, -0.1) is 0 Å². The maximum Gasteiger partial charge on any atom is 0.319 e. The topological polar surface area (TPSA) is 41.1 Å². The second-order valence-corrected chi connectivity index (χ2v) is 3.23. The number of para-hydroxylation sites is 1. The van der Waals surface area contributed by atoms with Crippen LogP contribution < -0.4 is 10.6 Å². The number of benzene rings is 1. The van der Waals surface area contributed by atoms with Gasteiger partial charge < -0.3 is 10.6 Å². The van der Waals surface area contributed by atoms with Gasteiger partial charge in [0.1, 0.15) is 0 Å². The number of hydrogen-bond donors (Lipinski definition) is 2. The molecule has 0 spiro atoms. The van der Waals surface area contributed by atoms with Crippen LogP contribution in [-0.2, 0) is 0 Å². The van der Waals surface area contributed by atoms with Crippen LogP contribution >= 0.6 is 15.9 Å². The molecule has 0 saturated carbocycles. The van der Waals surface area contributed by atoms with Crippen molar-refractivity contribution in [1.82, 2.24) is 5.32 Å². The SMILES string of the molecule is O=C(NCCBr)Nc1ccccc1. The molecule has 0 aliphatic rings. The molecule has 70 valence electrons. The van der Waals surface area contributed by atoms with E-state index in [-0.39, 0.29) is 6.03 Å². The lowest BCUT2D eigenvalue weighted by Gasteiger charge is -2.05. The minimum absolute atomic E-state index is 0.175. The van der Waals surface area contributed by atoms with Crippen molar-refractivity contribution in [1.29, 1.82) is 0 Å². The van der Waals surface area contributed by atoms with Crippen molar-refractivity contribution < 1.29 is 4.79 Å². The van der Waals surface area contributed by atoms with Gasteiger partial charge in [0, 0.05) is 17.6 Å². The Morgan fingerprint density at radius 2 is 2.00 bits per heavy atom. The van der Waals surface area contributed by atoms with Crippen molar-refractivity contribution in [2.24, 2.45) is 0 Å². The average molecular weight is 243 g/mol. The summed E-state index contributed by atoms with van der Waals surface area (Å²) in [5, 5.41) is 6.15. The first kappa shape index (κ1) is 10.1. The predicted octanol–water partition coefficient (Wildman–Crippen LogP) is 2.20. The van der Waals surface area contributed by atoms with Gasteiger partial charge in [0.05, 0.1) is 0 Å². The summed E-state index contributed by atoms with van der Waals surface area (Å²) in [5.41, 5.74) is 0.801. The number of halogens is 1. The van der Waals surface area contributed by atoms with E-state index in [9.17, 15) is 4.79 Å². The van der Waals surface area contributed by atoms with Crippen molar-refractivity contribution in [2.45, 2.75) is 0 Å². The van der Waals surface area contributed by atoms with Crippen LogP contribution in [0.15, 0.2) is 30.3 Å². The van der Waals surface area contributed by atoms with E-state index in [0.29, 0.717) is 6.54 Å². The highest BCUT2D eigenvalue weighted by atomic mass is 79.9. The largest absolute Gasteiger partial charge is 0.337 e. The lowest BCUT2D eigenvalue weighted by molar-refractivity contribution is 0.252. The van der Waals surface area contributed by atoms with E-state index in [0.717, 1.165) is 11.0 Å². The zero-order valence-corrected chi connectivity index (χ0v) is 8.67. The molecule has 0 atom stereocenters. The Morgan fingerprint density at radius 1 is 1.31 bits per heavy atom. The molecule has 3 nitrogen and oxygen atoms in total. The molecule has 2 N–H and O–H groups in total. The van der Waals surface area contributed by atoms with E-state index in [4.69, 9.17) is 0 Å². The molecular weight excluding hydrogens is 232 g/mol. The Hall–Kier alpha value is -1.03. The molecule has 0 fully saturated rings. The molecule has 1 aromatic rings. The second kappa shape index (κ2) is 5.59. The van der Waals surface area contributed by atoms with Gasteiger partial charge in [0.25, 0.3) is 0 Å². The molecule has 2 amide bonds. The zero-order chi connectivity index (χ0) is 9.52. The summed E-state index contributed by atoms with van der Waals surface area (Å²) in [4.78, 5) is 11.1. The molecule has 0 heterocycles. The maximum atomic E-state index is 11.1. The van der Waals surface area contributed by atoms with Crippen molar-refractivity contribution in [3.63, 3.8) is 0 Å². The molecular formula is C9H11BrN2O. The number of anilines is 1. The summed E-state index contributed by atoms with van der Waals surface area (Å²) >= 11 is 3.22. The van der Waals surface area contributed by atoms with E-state index in [1.54, 1.807) is 0 Å². The monoisotopic (exact) mass is 242 g/mol. The van der Waals surface area contributed by atoms with Gasteiger partial charge in [-0.1, -0.05) is 34.1 Å². The number of urea groups is 1. The first-order chi connectivity index (χ1) is 6.33. The van der Waals surface area contributed by atoms with Crippen molar-refractivity contribution in [3.8, 4) is 0 Å². The first-order valence-electron chi connectivity index (χ1n) is 3.99. The summed E-state index contributed by atoms with van der Waals surface area (Å²) in [6.45, 7) is 0.624. The van der Waals surface area contributed by atoms with Gasteiger partial charge in [0.2, 0.25) is 0 Å². The third-order valence-electron chi connectivity index (χ3n) is 1.41. The fraction of sp³-hybridized carbons (Fsp3) is 0.222. The summed E-state index contributed by atoms with van der Waals surface area (Å²) in [5.74, 6) is 0. The lowest BCUT2D eigenvalue weighted by Crippen LogP contribution is -2.30. The average Bonchev–Trinajstić information content (AvgIpc) is 2.16. The Morgan fingerprint density at radius 3 is 2.62 bits per heavy atom. The Bertz CT molecular complexity index is 264. The minimum atomic E-state index is -0.175. The summed E-state index contributed by atoms with van der Waals surface area (Å²) < 4.78 is 0. The summed E-state index contributed by atoms with van der Waals surface area (Å²) in [6.07, 6.45) is 0. The molecule has 4 heteroatoms. The van der Waals surface area contributed by atoms with Crippen LogP contribution in [-0.4, -0.2) is 17.9 Å². The predicted molar refractivity (Wildman–Crippen MR) is 57.3 cm³/mol. The normalized spacial score (nSPS) is 9.31. The number of alkyl halides is 1. The zero-order valence-electron chi connectivity index (χ0n) is 7.09. The summed E-state index contributed by atoms with van der Waals surface area (Å²) in [6, 6.07) is 9.16. The molecule has 0 aliphatic carbocycles. The van der Waals surface area contributed by atoms with Gasteiger partial charge in [-0.05, 0) is 12.1 Å². The smallest absolute Gasteiger partial charge is 0.319 e. The number of hydrogen-bond acceptors (Lipinski definition) is 1. The van der Waals surface area contributed by atoms with Gasteiger partial charge in [-0.2, -0.15) is 0 Å². The van der Waals surface area contributed by atoms with Crippen molar-refractivity contribution in [2.75, 3.05) is 17.2 Å². The van der Waals surface area contributed by atoms with Crippen molar-refractivity contribution >= 4 is 27.6 Å². The molecule has 0 aliphatic heterocycles. The van der Waals surface area contributed by atoms with E-state index < -0.39 is 0 Å². The maximum absolute atomic E-state index is 11.1. The number of carbonyl (C=O) groups is 1. The van der Waals surface area contributed by atoms with Crippen LogP contribution in [0.1, 0.15) is 0 Å². The molecule has 0 radical (unpaired) electrons. The van der Waals surface area contributed by atoms with E-state index in [1.165, 1.54) is 0 Å². The molecule has 1 aromatic carbocycles. The number of nitrogens with one attached hydrogen (secondary N) is 2. The Labute approximate surface area is 85.7 Å². The third kappa shape index (κ3) is 3.94. The van der Waals surface area contributed by atoms with E-state index in [1.807, 2.05) is 30.3 Å². The fourth-order valence-corrected chi connectivity index (χ4v) is 1.06. The highest BCUT2D eigenvalue weighted by Crippen LogP contribution is 2.03. The Kier molecular flexibility index (Phi) is 4.32. The van der Waals surface area contributed by atoms with Gasteiger partial charge in [-0.3, -0.25) is 0 Å². The quantitative estimate of drug-likeness (QED) is 0.785. The van der Waals surface area contributed by atoms with E-state index in [2.05, 4.69) is 26.6 Å². The Balaban J connectivity index is 2.37.